The fraction of sp³-hybridized carbons (Fsp3) is 0.579. The maximum absolute atomic E-state index is 11.1. The van der Waals surface area contributed by atoms with Crippen LogP contribution in [0.1, 0.15) is 59.4 Å². The third kappa shape index (κ3) is 5.29. The summed E-state index contributed by atoms with van der Waals surface area (Å²) >= 11 is 3.52. The molecule has 29 heavy (non-hydrogen) atoms. The van der Waals surface area contributed by atoms with Crippen molar-refractivity contribution in [3.63, 3.8) is 0 Å². The van der Waals surface area contributed by atoms with Crippen LogP contribution in [0, 0.1) is 13.8 Å². The van der Waals surface area contributed by atoms with Crippen molar-refractivity contribution in [3.05, 3.63) is 33.0 Å². The van der Waals surface area contributed by atoms with Crippen LogP contribution in [-0.2, 0) is 25.7 Å². The van der Waals surface area contributed by atoms with Crippen molar-refractivity contribution >= 4 is 42.9 Å². The molecule has 0 amide bonds. The van der Waals surface area contributed by atoms with E-state index in [0.29, 0.717) is 25.7 Å². The summed E-state index contributed by atoms with van der Waals surface area (Å²) in [7, 11) is -7.96. The molecule has 2 heterocycles. The van der Waals surface area contributed by atoms with E-state index in [9.17, 15) is 16.8 Å². The van der Waals surface area contributed by atoms with Crippen molar-refractivity contribution in [2.45, 2.75) is 57.8 Å². The molecule has 0 saturated heterocycles. The average Bonchev–Trinajstić information content (AvgIpc) is 3.19. The second kappa shape index (κ2) is 8.39. The summed E-state index contributed by atoms with van der Waals surface area (Å²) in [6, 6.07) is 4.40. The number of hydrogen-bond acceptors (Lipinski definition) is 6. The topological polar surface area (TPSA) is 109 Å². The molecule has 0 radical (unpaired) electrons. The zero-order valence-electron chi connectivity index (χ0n) is 16.5. The molecule has 0 saturated carbocycles. The van der Waals surface area contributed by atoms with Gasteiger partial charge in [0, 0.05) is 24.9 Å². The first kappa shape index (κ1) is 22.9. The molecule has 162 valence electrons. The molecule has 0 atom stereocenters. The SMILES string of the molecule is Cc1cc2c(s1)-c1sc(C)cc1C2(CCCCS(=O)(=O)O)CCCCS(=O)(=O)O. The second-order valence-electron chi connectivity index (χ2n) is 7.77. The average molecular weight is 479 g/mol. The van der Waals surface area contributed by atoms with Gasteiger partial charge in [-0.25, -0.2) is 0 Å². The largest absolute Gasteiger partial charge is 0.286 e. The van der Waals surface area contributed by atoms with Crippen LogP contribution in [0.5, 0.6) is 0 Å². The van der Waals surface area contributed by atoms with E-state index in [1.54, 1.807) is 22.7 Å². The molecule has 6 nitrogen and oxygen atoms in total. The molecule has 0 unspecified atom stereocenters. The van der Waals surface area contributed by atoms with Gasteiger partial charge in [-0.05, 0) is 62.8 Å². The van der Waals surface area contributed by atoms with Gasteiger partial charge in [0.05, 0.1) is 11.5 Å². The van der Waals surface area contributed by atoms with Gasteiger partial charge >= 0.3 is 0 Å². The van der Waals surface area contributed by atoms with E-state index in [2.05, 4.69) is 26.0 Å². The maximum atomic E-state index is 11.1. The molecule has 0 fully saturated rings. The molecule has 0 bridgehead atoms. The molecule has 2 aromatic rings. The highest BCUT2D eigenvalue weighted by Gasteiger charge is 2.44. The van der Waals surface area contributed by atoms with E-state index >= 15 is 0 Å². The Morgan fingerprint density at radius 1 is 0.759 bits per heavy atom. The van der Waals surface area contributed by atoms with Crippen LogP contribution in [0.3, 0.4) is 0 Å². The molecule has 1 aliphatic rings. The minimum atomic E-state index is -3.98. The lowest BCUT2D eigenvalue weighted by molar-refractivity contribution is 0.410. The molecule has 0 aliphatic heterocycles. The Hall–Kier alpha value is -0.780. The van der Waals surface area contributed by atoms with E-state index in [1.165, 1.54) is 30.6 Å². The Labute approximate surface area is 180 Å². The van der Waals surface area contributed by atoms with Gasteiger partial charge in [0.25, 0.3) is 20.2 Å². The van der Waals surface area contributed by atoms with Crippen molar-refractivity contribution in [2.24, 2.45) is 0 Å². The Balaban J connectivity index is 1.89. The smallest absolute Gasteiger partial charge is 0.264 e. The van der Waals surface area contributed by atoms with Crippen LogP contribution < -0.4 is 0 Å². The normalized spacial score (nSPS) is 15.4. The first-order valence-electron chi connectivity index (χ1n) is 9.54. The molecular weight excluding hydrogens is 452 g/mol. The number of hydrogen-bond donors (Lipinski definition) is 2. The maximum Gasteiger partial charge on any atom is 0.264 e. The molecule has 2 aromatic heterocycles. The van der Waals surface area contributed by atoms with Crippen molar-refractivity contribution in [2.75, 3.05) is 11.5 Å². The van der Waals surface area contributed by atoms with Crippen molar-refractivity contribution in [3.8, 4) is 9.75 Å². The fourth-order valence-electron chi connectivity index (χ4n) is 4.31. The van der Waals surface area contributed by atoms with Crippen molar-refractivity contribution in [1.82, 2.24) is 0 Å². The van der Waals surface area contributed by atoms with Crippen molar-refractivity contribution < 1.29 is 25.9 Å². The first-order chi connectivity index (χ1) is 13.4. The number of fused-ring (bicyclic) bond motifs is 3. The van der Waals surface area contributed by atoms with Gasteiger partial charge in [-0.1, -0.05) is 12.8 Å². The Morgan fingerprint density at radius 2 is 1.14 bits per heavy atom. The lowest BCUT2D eigenvalue weighted by atomic mass is 9.71. The van der Waals surface area contributed by atoms with Gasteiger partial charge in [0.1, 0.15) is 0 Å². The zero-order chi connectivity index (χ0) is 21.4. The van der Waals surface area contributed by atoms with Crippen molar-refractivity contribution in [1.29, 1.82) is 0 Å². The molecule has 2 N–H and O–H groups in total. The number of rotatable bonds is 10. The lowest BCUT2D eigenvalue weighted by Gasteiger charge is -2.31. The molecule has 0 spiro atoms. The predicted molar refractivity (Wildman–Crippen MR) is 118 cm³/mol. The summed E-state index contributed by atoms with van der Waals surface area (Å²) in [5, 5.41) is 0. The third-order valence-corrected chi connectivity index (χ3v) is 9.33. The van der Waals surface area contributed by atoms with Crippen LogP contribution in [0.15, 0.2) is 12.1 Å². The minimum absolute atomic E-state index is 0.253. The van der Waals surface area contributed by atoms with Crippen LogP contribution in [-0.4, -0.2) is 37.4 Å². The fourth-order valence-corrected chi connectivity index (χ4v) is 7.83. The molecule has 10 heteroatoms. The van der Waals surface area contributed by atoms with E-state index in [0.717, 1.165) is 12.8 Å². The van der Waals surface area contributed by atoms with E-state index < -0.39 is 20.2 Å². The molecule has 0 aromatic carbocycles. The number of thiophene rings is 2. The second-order valence-corrected chi connectivity index (χ2v) is 13.4. The monoisotopic (exact) mass is 478 g/mol. The molecule has 3 rings (SSSR count). The lowest BCUT2D eigenvalue weighted by Crippen LogP contribution is -2.25. The van der Waals surface area contributed by atoms with Gasteiger partial charge in [-0.2, -0.15) is 16.8 Å². The highest BCUT2D eigenvalue weighted by molar-refractivity contribution is 7.86. The first-order valence-corrected chi connectivity index (χ1v) is 14.4. The summed E-state index contributed by atoms with van der Waals surface area (Å²) in [6.45, 7) is 4.15. The Kier molecular flexibility index (Phi) is 6.63. The van der Waals surface area contributed by atoms with E-state index in [-0.39, 0.29) is 16.9 Å². The van der Waals surface area contributed by atoms with Gasteiger partial charge < -0.3 is 0 Å². The molecular formula is C19H26O6S4. The quantitative estimate of drug-likeness (QED) is 0.375. The van der Waals surface area contributed by atoms with Gasteiger partial charge in [0.2, 0.25) is 0 Å². The van der Waals surface area contributed by atoms with Crippen LogP contribution in [0.2, 0.25) is 0 Å². The van der Waals surface area contributed by atoms with Crippen LogP contribution in [0.4, 0.5) is 0 Å². The Bertz CT molecular complexity index is 1000. The number of unbranched alkanes of at least 4 members (excludes halogenated alkanes) is 2. The predicted octanol–water partition coefficient (Wildman–Crippen LogP) is 4.81. The number of aryl methyl sites for hydroxylation is 2. The summed E-state index contributed by atoms with van der Waals surface area (Å²) < 4.78 is 62.5. The highest BCUT2D eigenvalue weighted by Crippen LogP contribution is 2.59. The third-order valence-electron chi connectivity index (χ3n) is 5.46. The van der Waals surface area contributed by atoms with E-state index in [4.69, 9.17) is 9.11 Å². The minimum Gasteiger partial charge on any atom is -0.286 e. The summed E-state index contributed by atoms with van der Waals surface area (Å²) in [5.74, 6) is -0.506. The van der Waals surface area contributed by atoms with Gasteiger partial charge in [0.15, 0.2) is 0 Å². The standard InChI is InChI=1S/C19H26O6S4/c1-13-11-15-17(26-13)18-16(12-14(2)27-18)19(15,7-3-5-9-28(20,21)22)8-4-6-10-29(23,24)25/h11-12H,3-10H2,1-2H3,(H,20,21,22)(H,23,24,25). The van der Waals surface area contributed by atoms with Gasteiger partial charge in [-0.15, -0.1) is 22.7 Å². The summed E-state index contributed by atoms with van der Waals surface area (Å²) in [4.78, 5) is 4.96. The highest BCUT2D eigenvalue weighted by atomic mass is 32.2. The van der Waals surface area contributed by atoms with Crippen LogP contribution >= 0.6 is 22.7 Å². The zero-order valence-corrected chi connectivity index (χ0v) is 19.7. The Morgan fingerprint density at radius 3 is 1.48 bits per heavy atom. The summed E-state index contributed by atoms with van der Waals surface area (Å²) in [6.07, 6.45) is 3.51. The summed E-state index contributed by atoms with van der Waals surface area (Å²) in [5.41, 5.74) is 2.22. The van der Waals surface area contributed by atoms with E-state index in [1.807, 2.05) is 0 Å². The molecule has 1 aliphatic carbocycles. The van der Waals surface area contributed by atoms with Gasteiger partial charge in [-0.3, -0.25) is 9.11 Å². The van der Waals surface area contributed by atoms with Crippen LogP contribution in [0.25, 0.3) is 9.75 Å².